The summed E-state index contributed by atoms with van der Waals surface area (Å²) in [4.78, 5) is 0. The third kappa shape index (κ3) is 1.39. The summed E-state index contributed by atoms with van der Waals surface area (Å²) in [5.74, 6) is 1.85. The maximum atomic E-state index is 2.42. The maximum absolute atomic E-state index is 2.42. The van der Waals surface area contributed by atoms with Gasteiger partial charge in [0.15, 0.2) is 0 Å². The number of hydrogen-bond donors (Lipinski definition) is 0. The van der Waals surface area contributed by atoms with E-state index < -0.39 is 0 Å². The first-order valence-corrected chi connectivity index (χ1v) is 5.45. The first kappa shape index (κ1) is 7.61. The topological polar surface area (TPSA) is 0 Å². The molecule has 0 heteroatoms. The largest absolute Gasteiger partial charge is 0.0590 e. The molecule has 0 unspecified atom stereocenters. The SMILES string of the molecule is Cc1ccc(C2CC2)c(C2CC2)c1. The van der Waals surface area contributed by atoms with Gasteiger partial charge in [0, 0.05) is 0 Å². The van der Waals surface area contributed by atoms with Gasteiger partial charge in [-0.3, -0.25) is 0 Å². The van der Waals surface area contributed by atoms with Crippen LogP contribution in [-0.4, -0.2) is 0 Å². The molecule has 13 heavy (non-hydrogen) atoms. The van der Waals surface area contributed by atoms with E-state index in [2.05, 4.69) is 25.1 Å². The minimum absolute atomic E-state index is 0.926. The Morgan fingerprint density at radius 2 is 1.54 bits per heavy atom. The van der Waals surface area contributed by atoms with Crippen LogP contribution in [0.4, 0.5) is 0 Å². The molecule has 0 amide bonds. The molecule has 0 radical (unpaired) electrons. The molecule has 3 rings (SSSR count). The van der Waals surface area contributed by atoms with Crippen LogP contribution < -0.4 is 0 Å². The first-order chi connectivity index (χ1) is 6.34. The van der Waals surface area contributed by atoms with Crippen LogP contribution in [0.15, 0.2) is 18.2 Å². The molecule has 2 aliphatic rings. The molecule has 0 N–H and O–H groups in total. The zero-order valence-corrected chi connectivity index (χ0v) is 8.22. The molecule has 0 nitrogen and oxygen atoms in total. The Balaban J connectivity index is 2.04. The molecule has 0 aromatic heterocycles. The lowest BCUT2D eigenvalue weighted by Gasteiger charge is -2.08. The quantitative estimate of drug-likeness (QED) is 0.637. The smallest absolute Gasteiger partial charge is 0.0159 e. The van der Waals surface area contributed by atoms with Gasteiger partial charge in [-0.25, -0.2) is 0 Å². The minimum atomic E-state index is 0.926. The van der Waals surface area contributed by atoms with Gasteiger partial charge in [0.05, 0.1) is 0 Å². The monoisotopic (exact) mass is 172 g/mol. The Kier molecular flexibility index (Phi) is 1.52. The van der Waals surface area contributed by atoms with Gasteiger partial charge in [0.2, 0.25) is 0 Å². The van der Waals surface area contributed by atoms with E-state index in [1.54, 1.807) is 11.1 Å². The van der Waals surface area contributed by atoms with Crippen molar-refractivity contribution in [3.63, 3.8) is 0 Å². The Hall–Kier alpha value is -0.780. The van der Waals surface area contributed by atoms with Crippen LogP contribution in [0.5, 0.6) is 0 Å². The molecule has 68 valence electrons. The number of rotatable bonds is 2. The molecule has 2 fully saturated rings. The zero-order valence-electron chi connectivity index (χ0n) is 8.22. The standard InChI is InChI=1S/C13H16/c1-9-2-7-12(10-3-4-10)13(8-9)11-5-6-11/h2,7-8,10-11H,3-6H2,1H3. The second kappa shape index (κ2) is 2.60. The lowest BCUT2D eigenvalue weighted by Crippen LogP contribution is -1.90. The van der Waals surface area contributed by atoms with Crippen molar-refractivity contribution < 1.29 is 0 Å². The first-order valence-electron chi connectivity index (χ1n) is 5.45. The average molecular weight is 172 g/mol. The summed E-state index contributed by atoms with van der Waals surface area (Å²) in [6, 6.07) is 7.07. The van der Waals surface area contributed by atoms with E-state index >= 15 is 0 Å². The molecular weight excluding hydrogens is 156 g/mol. The van der Waals surface area contributed by atoms with Crippen LogP contribution in [0.3, 0.4) is 0 Å². The second-order valence-electron chi connectivity index (χ2n) is 4.68. The van der Waals surface area contributed by atoms with Crippen molar-refractivity contribution in [1.82, 2.24) is 0 Å². The van der Waals surface area contributed by atoms with E-state index in [0.717, 1.165) is 11.8 Å². The van der Waals surface area contributed by atoms with Crippen molar-refractivity contribution in [1.29, 1.82) is 0 Å². The van der Waals surface area contributed by atoms with Gasteiger partial charge in [-0.15, -0.1) is 0 Å². The van der Waals surface area contributed by atoms with Gasteiger partial charge in [-0.1, -0.05) is 23.8 Å². The highest BCUT2D eigenvalue weighted by Gasteiger charge is 2.32. The van der Waals surface area contributed by atoms with Crippen molar-refractivity contribution in [3.8, 4) is 0 Å². The molecule has 0 aliphatic heterocycles. The van der Waals surface area contributed by atoms with Crippen molar-refractivity contribution >= 4 is 0 Å². The van der Waals surface area contributed by atoms with E-state index in [-0.39, 0.29) is 0 Å². The van der Waals surface area contributed by atoms with E-state index in [1.165, 1.54) is 31.2 Å². The average Bonchev–Trinajstić information content (AvgIpc) is 3.00. The van der Waals surface area contributed by atoms with Crippen LogP contribution in [0.2, 0.25) is 0 Å². The molecule has 0 heterocycles. The number of hydrogen-bond acceptors (Lipinski definition) is 0. The molecule has 0 bridgehead atoms. The van der Waals surface area contributed by atoms with Gasteiger partial charge in [-0.05, 0) is 55.6 Å². The second-order valence-corrected chi connectivity index (χ2v) is 4.68. The van der Waals surface area contributed by atoms with Gasteiger partial charge in [0.1, 0.15) is 0 Å². The fraction of sp³-hybridized carbons (Fsp3) is 0.538. The Morgan fingerprint density at radius 1 is 0.923 bits per heavy atom. The van der Waals surface area contributed by atoms with E-state index in [1.807, 2.05) is 0 Å². The Bertz CT molecular complexity index is 330. The molecule has 0 spiro atoms. The summed E-state index contributed by atoms with van der Waals surface area (Å²) < 4.78 is 0. The van der Waals surface area contributed by atoms with Crippen LogP contribution in [-0.2, 0) is 0 Å². The summed E-state index contributed by atoms with van der Waals surface area (Å²) in [5.41, 5.74) is 4.79. The van der Waals surface area contributed by atoms with Crippen molar-refractivity contribution in [2.24, 2.45) is 0 Å². The zero-order chi connectivity index (χ0) is 8.84. The normalized spacial score (nSPS) is 21.9. The third-order valence-corrected chi connectivity index (χ3v) is 3.28. The molecule has 2 saturated carbocycles. The lowest BCUT2D eigenvalue weighted by atomic mass is 9.97. The lowest BCUT2D eigenvalue weighted by molar-refractivity contribution is 1.01. The van der Waals surface area contributed by atoms with Crippen LogP contribution in [0.25, 0.3) is 0 Å². The molecule has 0 saturated heterocycles. The molecule has 2 aliphatic carbocycles. The van der Waals surface area contributed by atoms with Gasteiger partial charge >= 0.3 is 0 Å². The Labute approximate surface area is 80.0 Å². The van der Waals surface area contributed by atoms with Crippen LogP contribution >= 0.6 is 0 Å². The third-order valence-electron chi connectivity index (χ3n) is 3.28. The Morgan fingerprint density at radius 3 is 2.15 bits per heavy atom. The molecule has 0 atom stereocenters. The number of aryl methyl sites for hydroxylation is 1. The predicted octanol–water partition coefficient (Wildman–Crippen LogP) is 3.75. The maximum Gasteiger partial charge on any atom is -0.0159 e. The fourth-order valence-corrected chi connectivity index (χ4v) is 2.21. The summed E-state index contributed by atoms with van der Waals surface area (Å²) in [5, 5.41) is 0. The van der Waals surface area contributed by atoms with Crippen LogP contribution in [0.1, 0.15) is 54.2 Å². The van der Waals surface area contributed by atoms with Gasteiger partial charge in [-0.2, -0.15) is 0 Å². The van der Waals surface area contributed by atoms with Crippen molar-refractivity contribution in [2.75, 3.05) is 0 Å². The summed E-state index contributed by atoms with van der Waals surface area (Å²) in [6.45, 7) is 2.21. The van der Waals surface area contributed by atoms with Gasteiger partial charge in [0.25, 0.3) is 0 Å². The fourth-order valence-electron chi connectivity index (χ4n) is 2.21. The molecule has 1 aromatic rings. The highest BCUT2D eigenvalue weighted by Crippen LogP contribution is 2.49. The summed E-state index contributed by atoms with van der Waals surface area (Å²) >= 11 is 0. The van der Waals surface area contributed by atoms with Crippen molar-refractivity contribution in [3.05, 3.63) is 34.9 Å². The van der Waals surface area contributed by atoms with Gasteiger partial charge < -0.3 is 0 Å². The van der Waals surface area contributed by atoms with E-state index in [9.17, 15) is 0 Å². The molecule has 1 aromatic carbocycles. The highest BCUT2D eigenvalue weighted by molar-refractivity contribution is 5.40. The summed E-state index contributed by atoms with van der Waals surface area (Å²) in [7, 11) is 0. The minimum Gasteiger partial charge on any atom is -0.0590 e. The highest BCUT2D eigenvalue weighted by atomic mass is 14.4. The van der Waals surface area contributed by atoms with Crippen molar-refractivity contribution in [2.45, 2.75) is 44.4 Å². The molecular formula is C13H16. The van der Waals surface area contributed by atoms with E-state index in [4.69, 9.17) is 0 Å². The summed E-state index contributed by atoms with van der Waals surface area (Å²) in [6.07, 6.45) is 5.73. The van der Waals surface area contributed by atoms with E-state index in [0.29, 0.717) is 0 Å². The number of benzene rings is 1. The predicted molar refractivity (Wildman–Crippen MR) is 55.1 cm³/mol. The van der Waals surface area contributed by atoms with Crippen LogP contribution in [0, 0.1) is 6.92 Å².